The van der Waals surface area contributed by atoms with Gasteiger partial charge < -0.3 is 9.64 Å². The minimum Gasteiger partial charge on any atom is -0.496 e. The van der Waals surface area contributed by atoms with Gasteiger partial charge in [0.15, 0.2) is 0 Å². The highest BCUT2D eigenvalue weighted by molar-refractivity contribution is 7.13. The number of allylic oxidation sites excluding steroid dienone is 2. The molecular weight excluding hydrogens is 368 g/mol. The number of carbonyl (C=O) groups is 1. The smallest absolute Gasteiger partial charge is 0.277 e. The summed E-state index contributed by atoms with van der Waals surface area (Å²) in [4.78, 5) is 19.6. The van der Waals surface area contributed by atoms with Gasteiger partial charge in [-0.15, -0.1) is 11.3 Å². The number of halogens is 1. The fraction of sp³-hybridized carbons (Fsp3) is 0.400. The van der Waals surface area contributed by atoms with Crippen molar-refractivity contribution in [1.82, 2.24) is 9.88 Å². The van der Waals surface area contributed by atoms with Crippen molar-refractivity contribution in [2.24, 2.45) is 5.92 Å². The highest BCUT2D eigenvalue weighted by atomic mass is 35.5. The number of nitrogens with zero attached hydrogens (tertiary/aromatic N) is 2. The van der Waals surface area contributed by atoms with Crippen LogP contribution in [0.3, 0.4) is 0 Å². The zero-order valence-electron chi connectivity index (χ0n) is 14.7. The van der Waals surface area contributed by atoms with E-state index in [-0.39, 0.29) is 5.91 Å². The molecule has 0 N–H and O–H groups in total. The highest BCUT2D eigenvalue weighted by Gasteiger charge is 2.32. The molecule has 26 heavy (non-hydrogen) atoms. The van der Waals surface area contributed by atoms with Crippen molar-refractivity contribution in [2.45, 2.75) is 32.1 Å². The first-order chi connectivity index (χ1) is 12.7. The molecule has 0 radical (unpaired) electrons. The van der Waals surface area contributed by atoms with E-state index in [4.69, 9.17) is 16.3 Å². The number of piperidine rings is 1. The third-order valence-electron chi connectivity index (χ3n) is 5.15. The van der Waals surface area contributed by atoms with E-state index in [9.17, 15) is 4.79 Å². The van der Waals surface area contributed by atoms with E-state index in [1.165, 1.54) is 36.3 Å². The number of aromatic nitrogens is 1. The largest absolute Gasteiger partial charge is 0.496 e. The Hall–Kier alpha value is -1.85. The number of thiazole rings is 1. The first kappa shape index (κ1) is 17.6. The lowest BCUT2D eigenvalue weighted by Crippen LogP contribution is -2.39. The summed E-state index contributed by atoms with van der Waals surface area (Å²) >= 11 is 7.78. The van der Waals surface area contributed by atoms with Crippen LogP contribution in [0.2, 0.25) is 5.02 Å². The van der Waals surface area contributed by atoms with E-state index in [0.717, 1.165) is 24.9 Å². The Morgan fingerprint density at radius 2 is 2.19 bits per heavy atom. The molecule has 136 valence electrons. The van der Waals surface area contributed by atoms with E-state index in [1.54, 1.807) is 7.11 Å². The van der Waals surface area contributed by atoms with E-state index in [2.05, 4.69) is 11.1 Å². The van der Waals surface area contributed by atoms with Crippen LogP contribution in [0.25, 0.3) is 10.6 Å². The summed E-state index contributed by atoms with van der Waals surface area (Å²) in [6, 6.07) is 5.50. The molecule has 1 fully saturated rings. The summed E-state index contributed by atoms with van der Waals surface area (Å²) in [5, 5.41) is 3.11. The average molecular weight is 389 g/mol. The number of methoxy groups -OCH3 is 1. The first-order valence-corrected chi connectivity index (χ1v) is 10.2. The lowest BCUT2D eigenvalue weighted by Gasteiger charge is -2.37. The lowest BCUT2D eigenvalue weighted by atomic mass is 9.85. The van der Waals surface area contributed by atoms with Gasteiger partial charge >= 0.3 is 0 Å². The Bertz CT molecular complexity index is 861. The van der Waals surface area contributed by atoms with Crippen LogP contribution < -0.4 is 4.74 Å². The Balaban J connectivity index is 1.64. The molecule has 0 spiro atoms. The maximum Gasteiger partial charge on any atom is 0.277 e. The average Bonchev–Trinajstić information content (AvgIpc) is 3.16. The third-order valence-corrected chi connectivity index (χ3v) is 6.33. The van der Waals surface area contributed by atoms with Crippen molar-refractivity contribution in [3.05, 3.63) is 46.1 Å². The molecule has 2 heterocycles. The number of amides is 1. The summed E-state index contributed by atoms with van der Waals surface area (Å²) in [6.07, 6.45) is 7.97. The van der Waals surface area contributed by atoms with Gasteiger partial charge in [-0.05, 0) is 50.2 Å². The molecule has 2 aliphatic rings. The molecule has 4 rings (SSSR count). The molecule has 2 aromatic rings. The van der Waals surface area contributed by atoms with Gasteiger partial charge in [0.1, 0.15) is 16.5 Å². The molecule has 1 aromatic heterocycles. The lowest BCUT2D eigenvalue weighted by molar-refractivity contribution is 0.0744. The quantitative estimate of drug-likeness (QED) is 0.707. The predicted octanol–water partition coefficient (Wildman–Crippen LogP) is 5.39. The van der Waals surface area contributed by atoms with Gasteiger partial charge in [0.25, 0.3) is 5.91 Å². The molecule has 1 aliphatic carbocycles. The maximum absolute atomic E-state index is 13.1. The number of rotatable bonds is 3. The van der Waals surface area contributed by atoms with Crippen molar-refractivity contribution >= 4 is 28.8 Å². The Labute approximate surface area is 162 Å². The summed E-state index contributed by atoms with van der Waals surface area (Å²) in [5.41, 5.74) is 2.44. The Morgan fingerprint density at radius 1 is 1.35 bits per heavy atom. The van der Waals surface area contributed by atoms with Crippen molar-refractivity contribution in [1.29, 1.82) is 0 Å². The highest BCUT2D eigenvalue weighted by Crippen LogP contribution is 2.39. The summed E-state index contributed by atoms with van der Waals surface area (Å²) in [5.74, 6) is 1.19. The zero-order valence-corrected chi connectivity index (χ0v) is 16.3. The Morgan fingerprint density at radius 3 is 3.04 bits per heavy atom. The second-order valence-electron chi connectivity index (χ2n) is 6.71. The number of hydrogen-bond donors (Lipinski definition) is 0. The molecule has 1 saturated heterocycles. The monoisotopic (exact) mass is 388 g/mol. The zero-order chi connectivity index (χ0) is 18.1. The topological polar surface area (TPSA) is 42.4 Å². The molecule has 1 aromatic carbocycles. The van der Waals surface area contributed by atoms with E-state index in [1.807, 2.05) is 28.5 Å². The number of hydrogen-bond acceptors (Lipinski definition) is 4. The number of benzene rings is 1. The van der Waals surface area contributed by atoms with Crippen molar-refractivity contribution < 1.29 is 9.53 Å². The molecular formula is C20H21ClN2O2S. The second-order valence-corrected chi connectivity index (χ2v) is 7.98. The van der Waals surface area contributed by atoms with Crippen LogP contribution in [-0.4, -0.2) is 29.4 Å². The van der Waals surface area contributed by atoms with Crippen molar-refractivity contribution in [2.75, 3.05) is 13.7 Å². The van der Waals surface area contributed by atoms with Gasteiger partial charge in [0.05, 0.1) is 17.7 Å². The van der Waals surface area contributed by atoms with E-state index >= 15 is 0 Å². The van der Waals surface area contributed by atoms with Gasteiger partial charge in [-0.2, -0.15) is 0 Å². The molecule has 1 unspecified atom stereocenters. The molecule has 0 bridgehead atoms. The van der Waals surface area contributed by atoms with Gasteiger partial charge in [-0.25, -0.2) is 4.98 Å². The first-order valence-electron chi connectivity index (χ1n) is 8.99. The predicted molar refractivity (Wildman–Crippen MR) is 105 cm³/mol. The molecule has 0 saturated carbocycles. The van der Waals surface area contributed by atoms with Crippen LogP contribution in [0.5, 0.6) is 5.75 Å². The second kappa shape index (κ2) is 7.41. The number of likely N-dealkylation sites (tertiary alicyclic amines) is 1. The number of carbonyl (C=O) groups excluding carboxylic acids is 1. The Kier molecular flexibility index (Phi) is 5.00. The fourth-order valence-corrected chi connectivity index (χ4v) is 5.07. The van der Waals surface area contributed by atoms with Crippen LogP contribution >= 0.6 is 22.9 Å². The minimum absolute atomic E-state index is 0.00336. The van der Waals surface area contributed by atoms with Crippen LogP contribution in [0.1, 0.15) is 42.6 Å². The van der Waals surface area contributed by atoms with Gasteiger partial charge in [-0.1, -0.05) is 23.7 Å². The number of ether oxygens (including phenoxy) is 1. The molecule has 6 heteroatoms. The van der Waals surface area contributed by atoms with Crippen molar-refractivity contribution in [3.8, 4) is 16.3 Å². The van der Waals surface area contributed by atoms with Crippen LogP contribution in [0.4, 0.5) is 0 Å². The maximum atomic E-state index is 13.1. The third kappa shape index (κ3) is 3.14. The van der Waals surface area contributed by atoms with E-state index in [0.29, 0.717) is 27.4 Å². The molecule has 4 nitrogen and oxygen atoms in total. The van der Waals surface area contributed by atoms with Gasteiger partial charge in [0.2, 0.25) is 0 Å². The molecule has 1 aliphatic heterocycles. The fourth-order valence-electron chi connectivity index (χ4n) is 3.90. The molecule has 1 amide bonds. The van der Waals surface area contributed by atoms with Gasteiger partial charge in [0, 0.05) is 17.6 Å². The van der Waals surface area contributed by atoms with Crippen LogP contribution in [-0.2, 0) is 0 Å². The van der Waals surface area contributed by atoms with Crippen LogP contribution in [0, 0.1) is 5.92 Å². The summed E-state index contributed by atoms with van der Waals surface area (Å²) in [6.45, 7) is 0.781. The normalized spacial score (nSPS) is 19.7. The SMILES string of the molecule is COc1cccc(Cl)c1-c1nc(C(=O)N2CCCC3CCCC=C32)cs1. The molecule has 1 atom stereocenters. The van der Waals surface area contributed by atoms with Crippen LogP contribution in [0.15, 0.2) is 35.4 Å². The van der Waals surface area contributed by atoms with Gasteiger partial charge in [-0.3, -0.25) is 4.79 Å². The summed E-state index contributed by atoms with van der Waals surface area (Å²) in [7, 11) is 1.61. The minimum atomic E-state index is -0.00336. The standard InChI is InChI=1S/C20H21ClN2O2S/c1-25-17-10-4-8-14(21)18(17)19-22-15(12-26-19)20(24)23-11-5-7-13-6-2-3-9-16(13)23/h4,8-10,12-13H,2-3,5-7,11H2,1H3. The summed E-state index contributed by atoms with van der Waals surface area (Å²) < 4.78 is 5.42. The van der Waals surface area contributed by atoms with Crippen molar-refractivity contribution in [3.63, 3.8) is 0 Å². The number of fused-ring (bicyclic) bond motifs is 1. The van der Waals surface area contributed by atoms with E-state index < -0.39 is 0 Å².